The van der Waals surface area contributed by atoms with Gasteiger partial charge in [0.25, 0.3) is 0 Å². The van der Waals surface area contributed by atoms with E-state index in [-0.39, 0.29) is 5.91 Å². The Kier molecular flexibility index (Phi) is 3.32. The van der Waals surface area contributed by atoms with E-state index in [4.69, 9.17) is 16.9 Å². The van der Waals surface area contributed by atoms with Crippen molar-refractivity contribution in [2.45, 2.75) is 13.0 Å². The molecule has 0 unspecified atom stereocenters. The highest BCUT2D eigenvalue weighted by molar-refractivity contribution is 6.33. The van der Waals surface area contributed by atoms with Crippen LogP contribution in [0.2, 0.25) is 5.02 Å². The van der Waals surface area contributed by atoms with Crippen LogP contribution in [-0.2, 0) is 24.8 Å². The molecule has 106 valence electrons. The summed E-state index contributed by atoms with van der Waals surface area (Å²) < 4.78 is 1.78. The van der Waals surface area contributed by atoms with Crippen molar-refractivity contribution in [3.8, 4) is 6.07 Å². The lowest BCUT2D eigenvalue weighted by molar-refractivity contribution is -0.115. The van der Waals surface area contributed by atoms with E-state index in [1.807, 2.05) is 25.4 Å². The summed E-state index contributed by atoms with van der Waals surface area (Å²) in [6, 6.07) is 7.61. The molecule has 1 aromatic heterocycles. The third-order valence-corrected chi connectivity index (χ3v) is 3.79. The Bertz CT molecular complexity index is 773. The van der Waals surface area contributed by atoms with E-state index in [1.54, 1.807) is 10.6 Å². The number of benzene rings is 1. The van der Waals surface area contributed by atoms with E-state index >= 15 is 0 Å². The van der Waals surface area contributed by atoms with Crippen LogP contribution in [0.25, 0.3) is 0 Å². The molecule has 2 aromatic rings. The van der Waals surface area contributed by atoms with Crippen LogP contribution in [0.4, 0.5) is 11.4 Å². The average Bonchev–Trinajstić information content (AvgIpc) is 2.97. The number of hydrogen-bond acceptors (Lipinski definition) is 3. The van der Waals surface area contributed by atoms with Gasteiger partial charge in [0.15, 0.2) is 0 Å². The van der Waals surface area contributed by atoms with Gasteiger partial charge in [0.1, 0.15) is 11.8 Å². The minimum absolute atomic E-state index is 0.0139. The number of nitrogens with one attached hydrogen (secondary N) is 2. The lowest BCUT2D eigenvalue weighted by Gasteiger charge is -2.09. The number of nitriles is 1. The van der Waals surface area contributed by atoms with Crippen molar-refractivity contribution in [2.24, 2.45) is 7.05 Å². The fraction of sp³-hybridized carbons (Fsp3) is 0.200. The number of anilines is 2. The number of hydrogen-bond donors (Lipinski definition) is 2. The third kappa shape index (κ3) is 2.58. The molecule has 0 saturated carbocycles. The summed E-state index contributed by atoms with van der Waals surface area (Å²) in [7, 11) is 1.84. The molecule has 21 heavy (non-hydrogen) atoms. The van der Waals surface area contributed by atoms with Crippen LogP contribution in [0.5, 0.6) is 0 Å². The Balaban J connectivity index is 1.78. The van der Waals surface area contributed by atoms with Crippen molar-refractivity contribution in [1.29, 1.82) is 5.26 Å². The maximum absolute atomic E-state index is 11.4. The molecular formula is C15H13ClN4O. The molecule has 0 fully saturated rings. The number of rotatable bonds is 3. The molecule has 1 aromatic carbocycles. The molecule has 6 heteroatoms. The molecule has 1 aliphatic rings. The topological polar surface area (TPSA) is 69.8 Å². The quantitative estimate of drug-likeness (QED) is 0.915. The van der Waals surface area contributed by atoms with Gasteiger partial charge in [-0.3, -0.25) is 4.79 Å². The van der Waals surface area contributed by atoms with Crippen molar-refractivity contribution in [1.82, 2.24) is 4.57 Å². The zero-order valence-electron chi connectivity index (χ0n) is 11.4. The Labute approximate surface area is 127 Å². The van der Waals surface area contributed by atoms with Crippen molar-refractivity contribution in [3.05, 3.63) is 46.2 Å². The van der Waals surface area contributed by atoms with E-state index in [9.17, 15) is 4.79 Å². The number of halogens is 1. The predicted octanol–water partition coefficient (Wildman–Crippen LogP) is 2.66. The van der Waals surface area contributed by atoms with Gasteiger partial charge < -0.3 is 15.2 Å². The molecule has 0 aliphatic carbocycles. The van der Waals surface area contributed by atoms with Crippen LogP contribution >= 0.6 is 11.6 Å². The number of fused-ring (bicyclic) bond motifs is 1. The first-order valence-electron chi connectivity index (χ1n) is 6.48. The first-order valence-corrected chi connectivity index (χ1v) is 6.86. The van der Waals surface area contributed by atoms with E-state index < -0.39 is 0 Å². The minimum Gasteiger partial charge on any atom is -0.380 e. The largest absolute Gasteiger partial charge is 0.380 e. The molecule has 0 atom stereocenters. The van der Waals surface area contributed by atoms with Crippen molar-refractivity contribution < 1.29 is 4.79 Å². The van der Waals surface area contributed by atoms with Crippen molar-refractivity contribution in [2.75, 3.05) is 10.6 Å². The van der Waals surface area contributed by atoms with Gasteiger partial charge >= 0.3 is 0 Å². The summed E-state index contributed by atoms with van der Waals surface area (Å²) in [5.41, 5.74) is 4.12. The third-order valence-electron chi connectivity index (χ3n) is 3.48. The summed E-state index contributed by atoms with van der Waals surface area (Å²) in [6.45, 7) is 0.565. The standard InChI is InChI=1S/C15H13ClN4O/c1-20-8-9(2-11(20)6-17)7-18-14-3-10-4-15(21)19-13(10)5-12(14)16/h2-3,5,8,18H,4,7H2,1H3,(H,19,21). The minimum atomic E-state index is -0.0139. The lowest BCUT2D eigenvalue weighted by atomic mass is 10.1. The van der Waals surface area contributed by atoms with Crippen LogP contribution in [-0.4, -0.2) is 10.5 Å². The van der Waals surface area contributed by atoms with Gasteiger partial charge in [0, 0.05) is 25.5 Å². The number of carbonyl (C=O) groups excluding carboxylic acids is 1. The summed E-state index contributed by atoms with van der Waals surface area (Å²) >= 11 is 6.21. The first kappa shape index (κ1) is 13.5. The Morgan fingerprint density at radius 2 is 2.29 bits per heavy atom. The Hall–Kier alpha value is -2.45. The zero-order chi connectivity index (χ0) is 15.0. The van der Waals surface area contributed by atoms with Gasteiger partial charge in [0.05, 0.1) is 17.1 Å². The van der Waals surface area contributed by atoms with Crippen LogP contribution in [0.15, 0.2) is 24.4 Å². The van der Waals surface area contributed by atoms with E-state index in [1.165, 1.54) is 0 Å². The number of nitrogens with zero attached hydrogens (tertiary/aromatic N) is 2. The number of amides is 1. The molecular weight excluding hydrogens is 288 g/mol. The lowest BCUT2D eigenvalue weighted by Crippen LogP contribution is -2.03. The molecule has 2 N–H and O–H groups in total. The van der Waals surface area contributed by atoms with E-state index in [2.05, 4.69) is 16.7 Å². The smallest absolute Gasteiger partial charge is 0.228 e. The van der Waals surface area contributed by atoms with Gasteiger partial charge in [-0.25, -0.2) is 0 Å². The highest BCUT2D eigenvalue weighted by atomic mass is 35.5. The summed E-state index contributed by atoms with van der Waals surface area (Å²) in [4.78, 5) is 11.4. The number of aryl methyl sites for hydroxylation is 1. The Morgan fingerprint density at radius 1 is 1.48 bits per heavy atom. The SMILES string of the molecule is Cn1cc(CNc2cc3c(cc2Cl)NC(=O)C3)cc1C#N. The van der Waals surface area contributed by atoms with Crippen LogP contribution < -0.4 is 10.6 Å². The molecule has 1 aliphatic heterocycles. The molecule has 5 nitrogen and oxygen atoms in total. The molecule has 1 amide bonds. The molecule has 3 rings (SSSR count). The van der Waals surface area contributed by atoms with Crippen LogP contribution in [0, 0.1) is 11.3 Å². The van der Waals surface area contributed by atoms with Crippen LogP contribution in [0.1, 0.15) is 16.8 Å². The van der Waals surface area contributed by atoms with Crippen molar-refractivity contribution >= 4 is 28.9 Å². The zero-order valence-corrected chi connectivity index (χ0v) is 12.2. The van der Waals surface area contributed by atoms with E-state index in [0.29, 0.717) is 23.7 Å². The average molecular weight is 301 g/mol. The van der Waals surface area contributed by atoms with Gasteiger partial charge in [0.2, 0.25) is 5.91 Å². The van der Waals surface area contributed by atoms with Gasteiger partial charge in [-0.2, -0.15) is 5.26 Å². The fourth-order valence-electron chi connectivity index (χ4n) is 2.42. The molecule has 2 heterocycles. The molecule has 0 spiro atoms. The van der Waals surface area contributed by atoms with Gasteiger partial charge in [-0.1, -0.05) is 11.6 Å². The van der Waals surface area contributed by atoms with Gasteiger partial charge in [-0.05, 0) is 29.3 Å². The molecule has 0 bridgehead atoms. The molecule has 0 saturated heterocycles. The van der Waals surface area contributed by atoms with Crippen molar-refractivity contribution in [3.63, 3.8) is 0 Å². The summed E-state index contributed by atoms with van der Waals surface area (Å²) in [6.07, 6.45) is 2.28. The summed E-state index contributed by atoms with van der Waals surface area (Å²) in [5, 5.41) is 15.5. The maximum atomic E-state index is 11.4. The number of carbonyl (C=O) groups is 1. The second kappa shape index (κ2) is 5.15. The van der Waals surface area contributed by atoms with Gasteiger partial charge in [-0.15, -0.1) is 0 Å². The monoisotopic (exact) mass is 300 g/mol. The molecule has 0 radical (unpaired) electrons. The summed E-state index contributed by atoms with van der Waals surface area (Å²) in [5.74, 6) is -0.0139. The second-order valence-corrected chi connectivity index (χ2v) is 5.43. The normalized spacial score (nSPS) is 12.7. The van der Waals surface area contributed by atoms with Crippen LogP contribution in [0.3, 0.4) is 0 Å². The highest BCUT2D eigenvalue weighted by Crippen LogP contribution is 2.33. The second-order valence-electron chi connectivity index (χ2n) is 5.02. The maximum Gasteiger partial charge on any atom is 0.228 e. The fourth-order valence-corrected chi connectivity index (χ4v) is 2.65. The van der Waals surface area contributed by atoms with E-state index in [0.717, 1.165) is 22.5 Å². The Morgan fingerprint density at radius 3 is 3.00 bits per heavy atom. The number of aromatic nitrogens is 1. The first-order chi connectivity index (χ1) is 10.1. The predicted molar refractivity (Wildman–Crippen MR) is 81.2 cm³/mol. The highest BCUT2D eigenvalue weighted by Gasteiger charge is 2.19.